The summed E-state index contributed by atoms with van der Waals surface area (Å²) >= 11 is 0. The van der Waals surface area contributed by atoms with Crippen molar-refractivity contribution in [3.8, 4) is 11.5 Å². The van der Waals surface area contributed by atoms with Crippen molar-refractivity contribution >= 4 is 29.5 Å². The number of aromatic hydroxyl groups is 1. The molecule has 0 radical (unpaired) electrons. The number of rotatable bonds is 6. The van der Waals surface area contributed by atoms with Crippen molar-refractivity contribution in [3.05, 3.63) is 71.8 Å². The molecule has 1 heterocycles. The zero-order valence-electron chi connectivity index (χ0n) is 21.9. The molecule has 0 fully saturated rings. The molecule has 0 aliphatic carbocycles. The Morgan fingerprint density at radius 2 is 1.85 bits per heavy atom. The van der Waals surface area contributed by atoms with Crippen LogP contribution in [0.4, 0.5) is 10.5 Å². The number of urea groups is 1. The van der Waals surface area contributed by atoms with E-state index in [9.17, 15) is 29.7 Å². The van der Waals surface area contributed by atoms with E-state index in [0.29, 0.717) is 18.7 Å². The van der Waals surface area contributed by atoms with Gasteiger partial charge in [-0.2, -0.15) is 0 Å². The van der Waals surface area contributed by atoms with Crippen molar-refractivity contribution in [3.63, 3.8) is 0 Å². The molecule has 2 aromatic carbocycles. The van der Waals surface area contributed by atoms with Crippen molar-refractivity contribution in [2.24, 2.45) is 5.92 Å². The van der Waals surface area contributed by atoms with Gasteiger partial charge in [0.2, 0.25) is 0 Å². The molecule has 0 saturated heterocycles. The van der Waals surface area contributed by atoms with Gasteiger partial charge in [-0.25, -0.2) is 9.59 Å². The number of ether oxygens (including phenoxy) is 2. The highest BCUT2D eigenvalue weighted by atomic mass is 16.5. The fourth-order valence-electron chi connectivity index (χ4n) is 3.71. The van der Waals surface area contributed by atoms with Crippen LogP contribution in [-0.4, -0.2) is 64.6 Å². The van der Waals surface area contributed by atoms with Crippen molar-refractivity contribution in [2.75, 3.05) is 18.5 Å². The lowest BCUT2D eigenvalue weighted by atomic mass is 9.99. The summed E-state index contributed by atoms with van der Waals surface area (Å²) in [5, 5.41) is 36.5. The van der Waals surface area contributed by atoms with Crippen molar-refractivity contribution in [1.82, 2.24) is 5.32 Å². The molecule has 4 atom stereocenters. The fourth-order valence-corrected chi connectivity index (χ4v) is 3.71. The van der Waals surface area contributed by atoms with E-state index in [4.69, 9.17) is 9.47 Å². The number of aliphatic hydroxyl groups is 2. The van der Waals surface area contributed by atoms with E-state index in [2.05, 4.69) is 10.6 Å². The molecule has 208 valence electrons. The quantitative estimate of drug-likeness (QED) is 0.277. The van der Waals surface area contributed by atoms with Crippen LogP contribution in [0.15, 0.2) is 60.7 Å². The first kappa shape index (κ1) is 29.4. The third-order valence-electron chi connectivity index (χ3n) is 6.16. The number of hydrogen-bond acceptors (Lipinski definition) is 8. The second-order valence-corrected chi connectivity index (χ2v) is 9.24. The number of carbonyl (C=O) groups excluding carboxylic acids is 3. The second-order valence-electron chi connectivity index (χ2n) is 9.24. The number of amides is 2. The molecular formula is C29H34N2O8. The molecule has 10 heteroatoms. The summed E-state index contributed by atoms with van der Waals surface area (Å²) in [6, 6.07) is 11.5. The molecule has 0 saturated carbocycles. The van der Waals surface area contributed by atoms with Gasteiger partial charge in [0.25, 0.3) is 0 Å². The zero-order chi connectivity index (χ0) is 28.4. The van der Waals surface area contributed by atoms with Crippen molar-refractivity contribution in [1.29, 1.82) is 0 Å². The topological polar surface area (TPSA) is 154 Å². The fraction of sp³-hybridized carbons (Fsp3) is 0.345. The van der Waals surface area contributed by atoms with Gasteiger partial charge in [0.1, 0.15) is 29.3 Å². The van der Waals surface area contributed by atoms with Gasteiger partial charge in [-0.1, -0.05) is 43.4 Å². The summed E-state index contributed by atoms with van der Waals surface area (Å²) in [5.74, 6) is -1.87. The number of phenols is 1. The number of phenolic OH excluding ortho intramolecular Hbond substituents is 1. The first-order valence-electron chi connectivity index (χ1n) is 12.7. The predicted molar refractivity (Wildman–Crippen MR) is 146 cm³/mol. The maximum absolute atomic E-state index is 13.0. The summed E-state index contributed by atoms with van der Waals surface area (Å²) in [6.07, 6.45) is 2.40. The zero-order valence-corrected chi connectivity index (χ0v) is 21.9. The van der Waals surface area contributed by atoms with Gasteiger partial charge in [0.05, 0.1) is 12.7 Å². The molecule has 39 heavy (non-hydrogen) atoms. The van der Waals surface area contributed by atoms with E-state index >= 15 is 0 Å². The number of para-hydroxylation sites is 1. The average molecular weight is 539 g/mol. The summed E-state index contributed by atoms with van der Waals surface area (Å²) < 4.78 is 11.2. The monoisotopic (exact) mass is 538 g/mol. The Kier molecular flexibility index (Phi) is 10.7. The van der Waals surface area contributed by atoms with Crippen LogP contribution in [0, 0.1) is 5.92 Å². The lowest BCUT2D eigenvalue weighted by molar-refractivity contribution is -0.127. The van der Waals surface area contributed by atoms with Gasteiger partial charge in [-0.3, -0.25) is 4.79 Å². The molecule has 1 aliphatic rings. The van der Waals surface area contributed by atoms with Crippen LogP contribution in [0.3, 0.4) is 0 Å². The molecule has 2 amide bonds. The van der Waals surface area contributed by atoms with Gasteiger partial charge in [-0.05, 0) is 49.6 Å². The largest absolute Gasteiger partial charge is 0.507 e. The van der Waals surface area contributed by atoms with Crippen LogP contribution >= 0.6 is 0 Å². The first-order chi connectivity index (χ1) is 18.7. The number of hydrogen-bond donors (Lipinski definition) is 5. The maximum atomic E-state index is 13.0. The van der Waals surface area contributed by atoms with E-state index in [1.165, 1.54) is 36.4 Å². The maximum Gasteiger partial charge on any atom is 0.342 e. The highest BCUT2D eigenvalue weighted by molar-refractivity contribution is 5.97. The Hall–Kier alpha value is -4.15. The number of nitrogens with one attached hydrogen (secondary N) is 2. The SMILES string of the molecule is CC1OC(=O)c2c(O)cc(OCCCNC(=O)Nc3ccccc3)cc2/C=C/CC(O)C(O)C(=O)/C=C\[C@H]1C. The Bertz CT molecular complexity index is 1210. The number of benzene rings is 2. The van der Waals surface area contributed by atoms with E-state index < -0.39 is 30.1 Å². The second kappa shape index (κ2) is 14.1. The van der Waals surface area contributed by atoms with Gasteiger partial charge < -0.3 is 35.4 Å². The van der Waals surface area contributed by atoms with Crippen LogP contribution in [0.5, 0.6) is 11.5 Å². The molecule has 3 unspecified atom stereocenters. The highest BCUT2D eigenvalue weighted by Crippen LogP contribution is 2.31. The van der Waals surface area contributed by atoms with E-state index in [0.717, 1.165) is 0 Å². The number of carbonyl (C=O) groups is 3. The summed E-state index contributed by atoms with van der Waals surface area (Å²) in [6.45, 7) is 3.93. The third-order valence-corrected chi connectivity index (χ3v) is 6.16. The molecule has 5 N–H and O–H groups in total. The van der Waals surface area contributed by atoms with Crippen molar-refractivity contribution in [2.45, 2.75) is 45.0 Å². The van der Waals surface area contributed by atoms with Gasteiger partial charge >= 0.3 is 12.0 Å². The molecule has 0 bridgehead atoms. The number of anilines is 1. The standard InChI is InChI=1S/C29H34N2O8/c1-18-12-13-24(33)27(35)23(32)11-6-8-20-16-22(17-25(34)26(20)28(36)39-19(18)2)38-15-7-14-30-29(37)31-21-9-4-3-5-10-21/h3-6,8-10,12-13,16-19,23,27,32,34-35H,7,11,14-15H2,1-2H3,(H2,30,31,37)/b8-6+,13-12-/t18-,19?,23?,27?/m1/s1. The minimum atomic E-state index is -1.61. The van der Waals surface area contributed by atoms with Crippen LogP contribution in [0.25, 0.3) is 6.08 Å². The van der Waals surface area contributed by atoms with Crippen LogP contribution in [-0.2, 0) is 9.53 Å². The number of ketones is 1. The van der Waals surface area contributed by atoms with Gasteiger partial charge in [0, 0.05) is 24.2 Å². The predicted octanol–water partition coefficient (Wildman–Crippen LogP) is 3.43. The Morgan fingerprint density at radius 3 is 2.59 bits per heavy atom. The summed E-state index contributed by atoms with van der Waals surface area (Å²) in [7, 11) is 0. The summed E-state index contributed by atoms with van der Waals surface area (Å²) in [5.41, 5.74) is 0.868. The normalized spacial score (nSPS) is 23.5. The minimum Gasteiger partial charge on any atom is -0.507 e. The minimum absolute atomic E-state index is 0.0796. The molecule has 2 aromatic rings. The lowest BCUT2D eigenvalue weighted by Crippen LogP contribution is -2.32. The van der Waals surface area contributed by atoms with Gasteiger partial charge in [-0.15, -0.1) is 0 Å². The first-order valence-corrected chi connectivity index (χ1v) is 12.7. The number of aliphatic hydroxyl groups excluding tert-OH is 2. The molecule has 10 nitrogen and oxygen atoms in total. The van der Waals surface area contributed by atoms with Gasteiger partial charge in [0.15, 0.2) is 5.78 Å². The molecule has 3 rings (SSSR count). The Labute approximate surface area is 227 Å². The van der Waals surface area contributed by atoms with Crippen LogP contribution in [0.2, 0.25) is 0 Å². The third kappa shape index (κ3) is 8.69. The number of esters is 1. The van der Waals surface area contributed by atoms with E-state index in [1.54, 1.807) is 26.0 Å². The number of fused-ring (bicyclic) bond motifs is 1. The van der Waals surface area contributed by atoms with Crippen molar-refractivity contribution < 1.29 is 39.2 Å². The summed E-state index contributed by atoms with van der Waals surface area (Å²) in [4.78, 5) is 37.1. The Balaban J connectivity index is 1.68. The van der Waals surface area contributed by atoms with E-state index in [-0.39, 0.29) is 47.6 Å². The highest BCUT2D eigenvalue weighted by Gasteiger charge is 2.25. The molecule has 0 aromatic heterocycles. The van der Waals surface area contributed by atoms with Crippen LogP contribution < -0.4 is 15.4 Å². The lowest BCUT2D eigenvalue weighted by Gasteiger charge is -2.20. The molecule has 1 aliphatic heterocycles. The molecular weight excluding hydrogens is 504 g/mol. The Morgan fingerprint density at radius 1 is 1.10 bits per heavy atom. The average Bonchev–Trinajstić information content (AvgIpc) is 2.90. The number of cyclic esters (lactones) is 1. The molecule has 0 spiro atoms. The van der Waals surface area contributed by atoms with E-state index in [1.807, 2.05) is 18.2 Å². The van der Waals surface area contributed by atoms with Crippen LogP contribution in [0.1, 0.15) is 42.6 Å². The smallest absolute Gasteiger partial charge is 0.342 e.